The number of rotatable bonds is 4. The third kappa shape index (κ3) is 3.50. The monoisotopic (exact) mass is 344 g/mol. The first-order valence-corrected chi connectivity index (χ1v) is 8.71. The maximum absolute atomic E-state index is 12.6. The second-order valence-electron chi connectivity index (χ2n) is 6.77. The Hall–Kier alpha value is -2.44. The zero-order valence-corrected chi connectivity index (χ0v) is 15.1. The predicted molar refractivity (Wildman–Crippen MR) is 92.5 cm³/mol. The lowest BCUT2D eigenvalue weighted by Crippen LogP contribution is -2.40. The van der Waals surface area contributed by atoms with Crippen molar-refractivity contribution >= 4 is 17.5 Å². The molecule has 7 heteroatoms. The van der Waals surface area contributed by atoms with E-state index in [1.807, 2.05) is 19.9 Å². The summed E-state index contributed by atoms with van der Waals surface area (Å²) in [5.41, 5.74) is 2.99. The molecule has 7 nitrogen and oxygen atoms in total. The van der Waals surface area contributed by atoms with Gasteiger partial charge in [-0.25, -0.2) is 14.3 Å². The smallest absolute Gasteiger partial charge is 0.344 e. The third-order valence-electron chi connectivity index (χ3n) is 4.63. The molecular formula is C18H24N4O3. The van der Waals surface area contributed by atoms with Crippen LogP contribution >= 0.6 is 0 Å². The summed E-state index contributed by atoms with van der Waals surface area (Å²) in [6.07, 6.45) is 3.38. The van der Waals surface area contributed by atoms with E-state index in [1.54, 1.807) is 18.4 Å². The average Bonchev–Trinajstić information content (AvgIpc) is 3.14. The molecule has 1 fully saturated rings. The van der Waals surface area contributed by atoms with E-state index in [4.69, 9.17) is 4.74 Å². The van der Waals surface area contributed by atoms with E-state index in [0.29, 0.717) is 16.9 Å². The molecule has 134 valence electrons. The Labute approximate surface area is 146 Å². The van der Waals surface area contributed by atoms with E-state index in [1.165, 1.54) is 0 Å². The molecule has 1 amide bonds. The molecule has 1 saturated carbocycles. The van der Waals surface area contributed by atoms with Crippen LogP contribution in [0.3, 0.4) is 0 Å². The van der Waals surface area contributed by atoms with Gasteiger partial charge in [-0.15, -0.1) is 0 Å². The van der Waals surface area contributed by atoms with Gasteiger partial charge in [-0.3, -0.25) is 4.79 Å². The highest BCUT2D eigenvalue weighted by molar-refractivity contribution is 5.98. The topological polar surface area (TPSA) is 85.6 Å². The molecule has 0 saturated heterocycles. The minimum atomic E-state index is -0.853. The molecule has 2 heterocycles. The van der Waals surface area contributed by atoms with Gasteiger partial charge >= 0.3 is 5.97 Å². The summed E-state index contributed by atoms with van der Waals surface area (Å²) in [5, 5.41) is 7.31. The summed E-state index contributed by atoms with van der Waals surface area (Å²) in [6, 6.07) is 2.09. The van der Waals surface area contributed by atoms with Crippen molar-refractivity contribution in [2.45, 2.75) is 65.5 Å². The highest BCUT2D eigenvalue weighted by atomic mass is 16.5. The molecule has 0 aliphatic heterocycles. The molecule has 1 aliphatic carbocycles. The second kappa shape index (κ2) is 6.82. The van der Waals surface area contributed by atoms with E-state index in [-0.39, 0.29) is 11.9 Å². The number of aromatic nitrogens is 3. The Morgan fingerprint density at radius 1 is 1.28 bits per heavy atom. The van der Waals surface area contributed by atoms with Gasteiger partial charge in [0.05, 0.1) is 5.69 Å². The third-order valence-corrected chi connectivity index (χ3v) is 4.63. The van der Waals surface area contributed by atoms with Gasteiger partial charge in [0.25, 0.3) is 5.91 Å². The van der Waals surface area contributed by atoms with Crippen molar-refractivity contribution in [1.82, 2.24) is 19.9 Å². The Bertz CT molecular complexity index is 821. The van der Waals surface area contributed by atoms with Crippen LogP contribution in [0, 0.1) is 20.8 Å². The van der Waals surface area contributed by atoms with Gasteiger partial charge < -0.3 is 10.1 Å². The number of nitrogens with one attached hydrogen (secondary N) is 1. The van der Waals surface area contributed by atoms with Gasteiger partial charge in [0.2, 0.25) is 0 Å². The molecule has 0 aromatic carbocycles. The van der Waals surface area contributed by atoms with Gasteiger partial charge in [0.1, 0.15) is 5.56 Å². The maximum atomic E-state index is 12.6. The quantitative estimate of drug-likeness (QED) is 0.860. The summed E-state index contributed by atoms with van der Waals surface area (Å²) in [4.78, 5) is 29.3. The summed E-state index contributed by atoms with van der Waals surface area (Å²) in [5.74, 6) is -0.825. The van der Waals surface area contributed by atoms with Crippen LogP contribution in [0.4, 0.5) is 0 Å². The Morgan fingerprint density at radius 3 is 2.64 bits per heavy atom. The van der Waals surface area contributed by atoms with Crippen molar-refractivity contribution in [3.8, 4) is 0 Å². The number of carbonyl (C=O) groups is 2. The normalized spacial score (nSPS) is 16.2. The first-order valence-electron chi connectivity index (χ1n) is 8.71. The minimum Gasteiger partial charge on any atom is -0.449 e. The molecule has 25 heavy (non-hydrogen) atoms. The van der Waals surface area contributed by atoms with E-state index < -0.39 is 12.1 Å². The van der Waals surface area contributed by atoms with Crippen LogP contribution in [0.25, 0.3) is 5.65 Å². The largest absolute Gasteiger partial charge is 0.449 e. The fourth-order valence-corrected chi connectivity index (χ4v) is 3.33. The summed E-state index contributed by atoms with van der Waals surface area (Å²) < 4.78 is 7.02. The molecule has 0 bridgehead atoms. The molecular weight excluding hydrogens is 320 g/mol. The fraction of sp³-hybridized carbons (Fsp3) is 0.556. The zero-order valence-electron chi connectivity index (χ0n) is 15.1. The predicted octanol–water partition coefficient (Wildman–Crippen LogP) is 2.26. The molecule has 3 rings (SSSR count). The highest BCUT2D eigenvalue weighted by Crippen LogP contribution is 2.19. The highest BCUT2D eigenvalue weighted by Gasteiger charge is 2.27. The molecule has 0 spiro atoms. The lowest BCUT2D eigenvalue weighted by atomic mass is 10.2. The van der Waals surface area contributed by atoms with E-state index in [2.05, 4.69) is 15.4 Å². The van der Waals surface area contributed by atoms with Crippen LogP contribution in [-0.4, -0.2) is 38.6 Å². The van der Waals surface area contributed by atoms with Crippen molar-refractivity contribution in [2.24, 2.45) is 0 Å². The first-order chi connectivity index (χ1) is 11.9. The number of fused-ring (bicyclic) bond motifs is 1. The minimum absolute atomic E-state index is 0.194. The Kier molecular flexibility index (Phi) is 4.74. The van der Waals surface area contributed by atoms with E-state index >= 15 is 0 Å². The lowest BCUT2D eigenvalue weighted by Gasteiger charge is -2.17. The molecule has 2 aromatic heterocycles. The van der Waals surface area contributed by atoms with Crippen LogP contribution in [0.1, 0.15) is 60.0 Å². The number of esters is 1. The second-order valence-corrected chi connectivity index (χ2v) is 6.77. The number of nitrogens with zero attached hydrogens (tertiary/aromatic N) is 3. The van der Waals surface area contributed by atoms with Crippen LogP contribution in [0.5, 0.6) is 0 Å². The number of aryl methyl sites for hydroxylation is 3. The summed E-state index contributed by atoms with van der Waals surface area (Å²) in [6.45, 7) is 7.10. The van der Waals surface area contributed by atoms with Crippen LogP contribution < -0.4 is 5.32 Å². The van der Waals surface area contributed by atoms with Crippen molar-refractivity contribution in [2.75, 3.05) is 0 Å². The van der Waals surface area contributed by atoms with Crippen LogP contribution in [0.15, 0.2) is 6.07 Å². The first kappa shape index (κ1) is 17.4. The number of carbonyl (C=O) groups excluding carboxylic acids is 2. The Balaban J connectivity index is 1.77. The Morgan fingerprint density at radius 2 is 1.96 bits per heavy atom. The molecule has 2 aromatic rings. The van der Waals surface area contributed by atoms with E-state index in [0.717, 1.165) is 37.1 Å². The van der Waals surface area contributed by atoms with Crippen molar-refractivity contribution in [3.05, 3.63) is 28.7 Å². The van der Waals surface area contributed by atoms with Gasteiger partial charge in [-0.1, -0.05) is 12.8 Å². The lowest BCUT2D eigenvalue weighted by molar-refractivity contribution is -0.129. The fourth-order valence-electron chi connectivity index (χ4n) is 3.33. The summed E-state index contributed by atoms with van der Waals surface area (Å²) in [7, 11) is 0. The SMILES string of the molecule is Cc1cc(C)n2nc(C)c(C(=O)O[C@@H](C)C(=O)NC3CCCC3)c2n1. The van der Waals surface area contributed by atoms with Gasteiger partial charge in [0.15, 0.2) is 11.8 Å². The van der Waals surface area contributed by atoms with Gasteiger partial charge in [-0.2, -0.15) is 5.10 Å². The number of hydrogen-bond acceptors (Lipinski definition) is 5. The maximum Gasteiger partial charge on any atom is 0.344 e. The van der Waals surface area contributed by atoms with Gasteiger partial charge in [-0.05, 0) is 46.6 Å². The molecule has 1 aliphatic rings. The van der Waals surface area contributed by atoms with Crippen LogP contribution in [0.2, 0.25) is 0 Å². The molecule has 0 unspecified atom stereocenters. The summed E-state index contributed by atoms with van der Waals surface area (Å²) >= 11 is 0. The van der Waals surface area contributed by atoms with Gasteiger partial charge in [0, 0.05) is 17.4 Å². The number of ether oxygens (including phenoxy) is 1. The standard InChI is InChI=1S/C18H24N4O3/c1-10-9-11(2)22-16(19-10)15(12(3)21-22)18(24)25-13(4)17(23)20-14-7-5-6-8-14/h9,13-14H,5-8H2,1-4H3,(H,20,23)/t13-/m0/s1. The van der Waals surface area contributed by atoms with Crippen LogP contribution in [-0.2, 0) is 9.53 Å². The molecule has 1 atom stereocenters. The van der Waals surface area contributed by atoms with Crippen molar-refractivity contribution in [1.29, 1.82) is 0 Å². The number of amides is 1. The molecule has 1 N–H and O–H groups in total. The number of hydrogen-bond donors (Lipinski definition) is 1. The molecule has 0 radical (unpaired) electrons. The van der Waals surface area contributed by atoms with Crippen molar-refractivity contribution < 1.29 is 14.3 Å². The van der Waals surface area contributed by atoms with E-state index in [9.17, 15) is 9.59 Å². The zero-order chi connectivity index (χ0) is 18.1. The van der Waals surface area contributed by atoms with Crippen molar-refractivity contribution in [3.63, 3.8) is 0 Å². The average molecular weight is 344 g/mol.